The van der Waals surface area contributed by atoms with Crippen LogP contribution in [0.25, 0.3) is 21.9 Å². The normalized spacial score (nSPS) is 17.5. The molecular formula is C28H28N2O5. The topological polar surface area (TPSA) is 76.1 Å². The predicted octanol–water partition coefficient (Wildman–Crippen LogP) is 5.26. The summed E-state index contributed by atoms with van der Waals surface area (Å²) in [6.45, 7) is 4.67. The Balaban J connectivity index is 1.13. The SMILES string of the molecule is COc1cccc2cc(C(=O)N3CCC4(CC3)CCN(C(=O)c3oc5ccccc5c3C)C4)oc12. The van der Waals surface area contributed by atoms with E-state index in [9.17, 15) is 9.59 Å². The molecule has 7 nitrogen and oxygen atoms in total. The second-order valence-corrected chi connectivity index (χ2v) is 9.81. The Labute approximate surface area is 203 Å². The van der Waals surface area contributed by atoms with Crippen LogP contribution in [0.3, 0.4) is 0 Å². The van der Waals surface area contributed by atoms with Gasteiger partial charge in [0, 0.05) is 42.5 Å². The minimum atomic E-state index is -0.0954. The van der Waals surface area contributed by atoms with Gasteiger partial charge >= 0.3 is 0 Å². The average molecular weight is 473 g/mol. The van der Waals surface area contributed by atoms with Gasteiger partial charge in [-0.3, -0.25) is 9.59 Å². The van der Waals surface area contributed by atoms with Crippen molar-refractivity contribution in [1.29, 1.82) is 0 Å². The second kappa shape index (κ2) is 8.18. The van der Waals surface area contributed by atoms with Crippen LogP contribution in [0.4, 0.5) is 0 Å². The van der Waals surface area contributed by atoms with Crippen molar-refractivity contribution in [3.8, 4) is 5.75 Å². The molecule has 35 heavy (non-hydrogen) atoms. The number of likely N-dealkylation sites (tertiary alicyclic amines) is 2. The van der Waals surface area contributed by atoms with Gasteiger partial charge < -0.3 is 23.4 Å². The van der Waals surface area contributed by atoms with E-state index in [-0.39, 0.29) is 17.2 Å². The first-order chi connectivity index (χ1) is 17.0. The van der Waals surface area contributed by atoms with Crippen molar-refractivity contribution in [2.75, 3.05) is 33.3 Å². The summed E-state index contributed by atoms with van der Waals surface area (Å²) in [7, 11) is 1.59. The molecule has 2 saturated heterocycles. The van der Waals surface area contributed by atoms with Crippen LogP contribution in [-0.2, 0) is 0 Å². The van der Waals surface area contributed by atoms with Crippen LogP contribution >= 0.6 is 0 Å². The highest BCUT2D eigenvalue weighted by Crippen LogP contribution is 2.42. The maximum atomic E-state index is 13.3. The van der Waals surface area contributed by atoms with Gasteiger partial charge in [-0.05, 0) is 49.8 Å². The van der Waals surface area contributed by atoms with E-state index in [4.69, 9.17) is 13.6 Å². The van der Waals surface area contributed by atoms with E-state index in [2.05, 4.69) is 0 Å². The minimum absolute atomic E-state index is 0.0368. The van der Waals surface area contributed by atoms with Crippen LogP contribution in [0.5, 0.6) is 5.75 Å². The Bertz CT molecular complexity index is 1440. The number of benzene rings is 2. The molecule has 1 spiro atoms. The molecule has 7 heteroatoms. The summed E-state index contributed by atoms with van der Waals surface area (Å²) in [6.07, 6.45) is 2.68. The molecule has 180 valence electrons. The molecule has 0 atom stereocenters. The molecular weight excluding hydrogens is 444 g/mol. The van der Waals surface area contributed by atoms with E-state index in [0.717, 1.165) is 41.2 Å². The molecule has 0 unspecified atom stereocenters. The third-order valence-electron chi connectivity index (χ3n) is 7.81. The van der Waals surface area contributed by atoms with Crippen LogP contribution < -0.4 is 4.74 Å². The van der Waals surface area contributed by atoms with Gasteiger partial charge in [-0.15, -0.1) is 0 Å². The van der Waals surface area contributed by atoms with Crippen LogP contribution in [0.15, 0.2) is 57.4 Å². The molecule has 4 aromatic rings. The highest BCUT2D eigenvalue weighted by atomic mass is 16.5. The standard InChI is InChI=1S/C28H28N2O5/c1-18-20-7-3-4-8-21(20)34-24(18)27(32)30-15-12-28(17-30)10-13-29(14-11-28)26(31)23-16-19-6-5-9-22(33-2)25(19)35-23/h3-9,16H,10-15,17H2,1-2H3. The van der Waals surface area contributed by atoms with Crippen LogP contribution in [0.1, 0.15) is 45.9 Å². The Morgan fingerprint density at radius 2 is 1.66 bits per heavy atom. The molecule has 2 aromatic heterocycles. The highest BCUT2D eigenvalue weighted by molar-refractivity contribution is 5.99. The van der Waals surface area contributed by atoms with E-state index >= 15 is 0 Å². The van der Waals surface area contributed by atoms with Gasteiger partial charge in [0.25, 0.3) is 11.8 Å². The summed E-state index contributed by atoms with van der Waals surface area (Å²) in [5.74, 6) is 1.27. The molecule has 2 fully saturated rings. The number of aryl methyl sites for hydroxylation is 1. The zero-order valence-corrected chi connectivity index (χ0v) is 20.0. The van der Waals surface area contributed by atoms with Crippen LogP contribution in [0, 0.1) is 12.3 Å². The minimum Gasteiger partial charge on any atom is -0.493 e. The van der Waals surface area contributed by atoms with Crippen molar-refractivity contribution in [3.05, 3.63) is 65.6 Å². The average Bonchev–Trinajstić information content (AvgIpc) is 3.59. The number of rotatable bonds is 3. The number of methoxy groups -OCH3 is 1. The fraction of sp³-hybridized carbons (Fsp3) is 0.357. The van der Waals surface area contributed by atoms with Crippen LogP contribution in [0.2, 0.25) is 0 Å². The monoisotopic (exact) mass is 472 g/mol. The number of nitrogens with zero attached hydrogens (tertiary/aromatic N) is 2. The number of furan rings is 2. The van der Waals surface area contributed by atoms with Gasteiger partial charge in [-0.2, -0.15) is 0 Å². The number of carbonyl (C=O) groups excluding carboxylic acids is 2. The number of carbonyl (C=O) groups is 2. The number of fused-ring (bicyclic) bond motifs is 2. The van der Waals surface area contributed by atoms with Crippen molar-refractivity contribution in [2.24, 2.45) is 5.41 Å². The second-order valence-electron chi connectivity index (χ2n) is 9.81. The highest BCUT2D eigenvalue weighted by Gasteiger charge is 2.44. The third kappa shape index (κ3) is 3.57. The fourth-order valence-electron chi connectivity index (χ4n) is 5.68. The number of piperidine rings is 1. The molecule has 2 amide bonds. The van der Waals surface area contributed by atoms with Crippen molar-refractivity contribution >= 4 is 33.8 Å². The van der Waals surface area contributed by atoms with E-state index in [1.165, 1.54) is 0 Å². The molecule has 2 aliphatic rings. The van der Waals surface area contributed by atoms with Gasteiger partial charge in [-0.25, -0.2) is 0 Å². The molecule has 0 N–H and O–H groups in total. The zero-order valence-electron chi connectivity index (χ0n) is 20.0. The molecule has 4 heterocycles. The first-order valence-electron chi connectivity index (χ1n) is 12.1. The Morgan fingerprint density at radius 3 is 2.40 bits per heavy atom. The maximum Gasteiger partial charge on any atom is 0.289 e. The quantitative estimate of drug-likeness (QED) is 0.406. The van der Waals surface area contributed by atoms with Crippen molar-refractivity contribution in [1.82, 2.24) is 9.80 Å². The fourth-order valence-corrected chi connectivity index (χ4v) is 5.68. The summed E-state index contributed by atoms with van der Waals surface area (Å²) in [5.41, 5.74) is 2.29. The lowest BCUT2D eigenvalue weighted by Gasteiger charge is -2.38. The van der Waals surface area contributed by atoms with E-state index in [1.807, 2.05) is 59.2 Å². The van der Waals surface area contributed by atoms with Gasteiger partial charge in [0.15, 0.2) is 22.9 Å². The summed E-state index contributed by atoms with van der Waals surface area (Å²) in [4.78, 5) is 30.3. The molecule has 0 bridgehead atoms. The smallest absolute Gasteiger partial charge is 0.289 e. The van der Waals surface area contributed by atoms with E-state index in [0.29, 0.717) is 49.0 Å². The number of amides is 2. The molecule has 2 aliphatic heterocycles. The van der Waals surface area contributed by atoms with Crippen molar-refractivity contribution in [3.63, 3.8) is 0 Å². The van der Waals surface area contributed by atoms with E-state index in [1.54, 1.807) is 13.2 Å². The number of para-hydroxylation sites is 2. The Hall–Kier alpha value is -3.74. The molecule has 6 rings (SSSR count). The third-order valence-corrected chi connectivity index (χ3v) is 7.81. The van der Waals surface area contributed by atoms with E-state index < -0.39 is 0 Å². The number of hydrogen-bond donors (Lipinski definition) is 0. The lowest BCUT2D eigenvalue weighted by atomic mass is 9.77. The van der Waals surface area contributed by atoms with Gasteiger partial charge in [-0.1, -0.05) is 30.3 Å². The van der Waals surface area contributed by atoms with Crippen molar-refractivity contribution in [2.45, 2.75) is 26.2 Å². The summed E-state index contributed by atoms with van der Waals surface area (Å²) >= 11 is 0. The summed E-state index contributed by atoms with van der Waals surface area (Å²) < 4.78 is 17.2. The molecule has 0 saturated carbocycles. The molecule has 0 radical (unpaired) electrons. The first-order valence-corrected chi connectivity index (χ1v) is 12.1. The molecule has 2 aromatic carbocycles. The molecule has 0 aliphatic carbocycles. The Kier molecular flexibility index (Phi) is 5.09. The van der Waals surface area contributed by atoms with Gasteiger partial charge in [0.1, 0.15) is 5.58 Å². The number of ether oxygens (including phenoxy) is 1. The van der Waals surface area contributed by atoms with Gasteiger partial charge in [0.2, 0.25) is 0 Å². The largest absolute Gasteiger partial charge is 0.493 e. The zero-order chi connectivity index (χ0) is 24.2. The number of hydrogen-bond acceptors (Lipinski definition) is 5. The lowest BCUT2D eigenvalue weighted by Crippen LogP contribution is -2.44. The summed E-state index contributed by atoms with van der Waals surface area (Å²) in [5, 5.41) is 1.84. The summed E-state index contributed by atoms with van der Waals surface area (Å²) in [6, 6.07) is 15.2. The van der Waals surface area contributed by atoms with Gasteiger partial charge in [0.05, 0.1) is 7.11 Å². The first kappa shape index (κ1) is 21.8. The Morgan fingerprint density at radius 1 is 0.914 bits per heavy atom. The van der Waals surface area contributed by atoms with Crippen molar-refractivity contribution < 1.29 is 23.2 Å². The lowest BCUT2D eigenvalue weighted by molar-refractivity contribution is 0.0537. The predicted molar refractivity (Wildman–Crippen MR) is 132 cm³/mol. The maximum absolute atomic E-state index is 13.3. The van der Waals surface area contributed by atoms with Crippen LogP contribution in [-0.4, -0.2) is 54.9 Å².